The van der Waals surface area contributed by atoms with E-state index in [0.29, 0.717) is 25.0 Å². The molecule has 14 heteroatoms. The SMILES string of the molecule is Cc1nnc(N2C[C@H]3COc4c(cn(C)c4C(=O)Nc4ccc(F)c(Cl)c4)S(=O)(=O)N[C@H]3C2)o1. The number of amides is 1. The van der Waals surface area contributed by atoms with Gasteiger partial charge in [0.1, 0.15) is 10.7 Å². The Labute approximate surface area is 198 Å². The summed E-state index contributed by atoms with van der Waals surface area (Å²) in [5.41, 5.74) is 0.251. The third kappa shape index (κ3) is 3.99. The summed E-state index contributed by atoms with van der Waals surface area (Å²) >= 11 is 5.79. The predicted molar refractivity (Wildman–Crippen MR) is 119 cm³/mol. The molecule has 2 atom stereocenters. The predicted octanol–water partition coefficient (Wildman–Crippen LogP) is 1.94. The molecule has 2 N–H and O–H groups in total. The van der Waals surface area contributed by atoms with Gasteiger partial charge in [0.05, 0.1) is 11.6 Å². The molecular weight excluding hydrogens is 491 g/mol. The highest BCUT2D eigenvalue weighted by Crippen LogP contribution is 2.35. The van der Waals surface area contributed by atoms with Gasteiger partial charge in [-0.25, -0.2) is 17.5 Å². The zero-order valence-corrected chi connectivity index (χ0v) is 19.7. The van der Waals surface area contributed by atoms with E-state index < -0.39 is 27.8 Å². The maximum absolute atomic E-state index is 13.5. The number of aryl methyl sites for hydroxylation is 2. The zero-order chi connectivity index (χ0) is 24.2. The molecule has 1 amide bonds. The van der Waals surface area contributed by atoms with Gasteiger partial charge >= 0.3 is 6.01 Å². The molecule has 0 aliphatic carbocycles. The van der Waals surface area contributed by atoms with Crippen LogP contribution in [0, 0.1) is 18.7 Å². The molecule has 0 spiro atoms. The van der Waals surface area contributed by atoms with E-state index in [0.717, 1.165) is 6.07 Å². The fourth-order valence-electron chi connectivity index (χ4n) is 4.13. The number of aromatic nitrogens is 3. The van der Waals surface area contributed by atoms with Crippen LogP contribution in [0.3, 0.4) is 0 Å². The lowest BCUT2D eigenvalue weighted by Gasteiger charge is -2.23. The minimum atomic E-state index is -4.02. The number of sulfonamides is 1. The average molecular weight is 511 g/mol. The molecule has 11 nitrogen and oxygen atoms in total. The number of rotatable bonds is 3. The van der Waals surface area contributed by atoms with Gasteiger partial charge in [-0.2, -0.15) is 0 Å². The van der Waals surface area contributed by atoms with Gasteiger partial charge in [0, 0.05) is 50.9 Å². The first kappa shape index (κ1) is 22.6. The fraction of sp³-hybridized carbons (Fsp3) is 0.350. The maximum Gasteiger partial charge on any atom is 0.318 e. The molecule has 180 valence electrons. The lowest BCUT2D eigenvalue weighted by Crippen LogP contribution is -2.43. The third-order valence-electron chi connectivity index (χ3n) is 5.76. The molecule has 5 rings (SSSR count). The quantitative estimate of drug-likeness (QED) is 0.546. The molecule has 3 aromatic rings. The average Bonchev–Trinajstić information content (AvgIpc) is 3.45. The van der Waals surface area contributed by atoms with Crippen molar-refractivity contribution in [3.8, 4) is 5.75 Å². The van der Waals surface area contributed by atoms with Gasteiger partial charge in [0.25, 0.3) is 5.91 Å². The van der Waals surface area contributed by atoms with Crippen LogP contribution in [-0.2, 0) is 17.1 Å². The largest absolute Gasteiger partial charge is 0.489 e. The van der Waals surface area contributed by atoms with Gasteiger partial charge in [-0.1, -0.05) is 16.7 Å². The number of hydrogen-bond donors (Lipinski definition) is 2. The van der Waals surface area contributed by atoms with Crippen LogP contribution in [0.15, 0.2) is 33.7 Å². The smallest absolute Gasteiger partial charge is 0.318 e. The molecule has 0 bridgehead atoms. The van der Waals surface area contributed by atoms with E-state index in [2.05, 4.69) is 20.2 Å². The summed E-state index contributed by atoms with van der Waals surface area (Å²) in [6.07, 6.45) is 1.32. The van der Waals surface area contributed by atoms with Crippen molar-refractivity contribution in [2.24, 2.45) is 13.0 Å². The standard InChI is InChI=1S/C20H20ClFN6O5S/c1-10-24-25-20(33-10)28-6-11-9-32-18-16(34(30,31)26-15(11)7-28)8-27(2)17(18)19(29)23-12-3-4-14(22)13(21)5-12/h3-5,8,11,15,26H,6-7,9H2,1-2H3,(H,23,29)/t11-,15-/m0/s1. The van der Waals surface area contributed by atoms with E-state index in [1.807, 2.05) is 0 Å². The second-order valence-electron chi connectivity index (χ2n) is 8.17. The summed E-state index contributed by atoms with van der Waals surface area (Å²) in [6.45, 7) is 2.57. The van der Waals surface area contributed by atoms with Crippen LogP contribution in [-0.4, -0.2) is 54.8 Å². The van der Waals surface area contributed by atoms with E-state index in [4.69, 9.17) is 20.8 Å². The van der Waals surface area contributed by atoms with E-state index in [1.165, 1.54) is 29.9 Å². The molecule has 2 aliphatic rings. The first-order valence-corrected chi connectivity index (χ1v) is 12.1. The van der Waals surface area contributed by atoms with Crippen LogP contribution in [0.5, 0.6) is 5.75 Å². The summed E-state index contributed by atoms with van der Waals surface area (Å²) < 4.78 is 55.4. The van der Waals surface area contributed by atoms with E-state index in [9.17, 15) is 17.6 Å². The van der Waals surface area contributed by atoms with Crippen molar-refractivity contribution < 1.29 is 26.8 Å². The van der Waals surface area contributed by atoms with Gasteiger partial charge in [0.2, 0.25) is 15.9 Å². The number of hydrogen-bond acceptors (Lipinski definition) is 8. The monoisotopic (exact) mass is 510 g/mol. The molecule has 2 aliphatic heterocycles. The van der Waals surface area contributed by atoms with Crippen LogP contribution in [0.1, 0.15) is 16.4 Å². The number of carbonyl (C=O) groups is 1. The Morgan fingerprint density at radius 2 is 2.12 bits per heavy atom. The Hall–Kier alpha value is -3.16. The zero-order valence-electron chi connectivity index (χ0n) is 18.1. The molecule has 1 saturated heterocycles. The Morgan fingerprint density at radius 1 is 1.32 bits per heavy atom. The molecule has 4 heterocycles. The molecule has 0 saturated carbocycles. The molecular formula is C20H20ClFN6O5S. The lowest BCUT2D eigenvalue weighted by atomic mass is 10.1. The van der Waals surface area contributed by atoms with Crippen molar-refractivity contribution >= 4 is 39.2 Å². The first-order valence-electron chi connectivity index (χ1n) is 10.3. The van der Waals surface area contributed by atoms with Crippen molar-refractivity contribution in [1.82, 2.24) is 19.5 Å². The van der Waals surface area contributed by atoms with Crippen LogP contribution in [0.25, 0.3) is 0 Å². The second-order valence-corrected chi connectivity index (χ2v) is 10.3. The maximum atomic E-state index is 13.5. The van der Waals surface area contributed by atoms with Crippen molar-refractivity contribution in [2.45, 2.75) is 17.9 Å². The van der Waals surface area contributed by atoms with Crippen molar-refractivity contribution in [1.29, 1.82) is 0 Å². The molecule has 0 radical (unpaired) electrons. The van der Waals surface area contributed by atoms with Crippen LogP contribution in [0.2, 0.25) is 5.02 Å². The minimum absolute atomic E-state index is 0.00153. The van der Waals surface area contributed by atoms with E-state index >= 15 is 0 Å². The summed E-state index contributed by atoms with van der Waals surface area (Å²) in [5.74, 6) is -1.15. The van der Waals surface area contributed by atoms with Gasteiger partial charge in [-0.3, -0.25) is 4.79 Å². The Bertz CT molecular complexity index is 1390. The highest BCUT2D eigenvalue weighted by molar-refractivity contribution is 7.89. The number of nitrogens with one attached hydrogen (secondary N) is 2. The van der Waals surface area contributed by atoms with Gasteiger partial charge < -0.3 is 23.9 Å². The minimum Gasteiger partial charge on any atom is -0.489 e. The van der Waals surface area contributed by atoms with Crippen LogP contribution in [0.4, 0.5) is 16.1 Å². The van der Waals surface area contributed by atoms with Gasteiger partial charge in [0.15, 0.2) is 11.4 Å². The number of ether oxygens (including phenoxy) is 1. The summed E-state index contributed by atoms with van der Waals surface area (Å²) in [5, 5.41) is 10.3. The third-order valence-corrected chi connectivity index (χ3v) is 7.53. The van der Waals surface area contributed by atoms with Gasteiger partial charge in [-0.15, -0.1) is 5.10 Å². The molecule has 34 heavy (non-hydrogen) atoms. The summed E-state index contributed by atoms with van der Waals surface area (Å²) in [6, 6.07) is 3.58. The van der Waals surface area contributed by atoms with Crippen molar-refractivity contribution in [2.75, 3.05) is 29.9 Å². The number of nitrogens with zero attached hydrogens (tertiary/aromatic N) is 4. The molecule has 1 aromatic carbocycles. The normalized spacial score (nSPS) is 21.2. The second kappa shape index (κ2) is 8.25. The molecule has 2 aromatic heterocycles. The van der Waals surface area contributed by atoms with Crippen LogP contribution >= 0.6 is 11.6 Å². The van der Waals surface area contributed by atoms with Crippen molar-refractivity contribution in [3.63, 3.8) is 0 Å². The topological polar surface area (TPSA) is 132 Å². The first-order chi connectivity index (χ1) is 16.1. The highest BCUT2D eigenvalue weighted by Gasteiger charge is 2.42. The number of fused-ring (bicyclic) bond motifs is 2. The van der Waals surface area contributed by atoms with E-state index in [1.54, 1.807) is 11.8 Å². The van der Waals surface area contributed by atoms with Crippen molar-refractivity contribution in [3.05, 3.63) is 46.8 Å². The lowest BCUT2D eigenvalue weighted by molar-refractivity contribution is 0.101. The van der Waals surface area contributed by atoms with Crippen LogP contribution < -0.4 is 19.7 Å². The Kier molecular flexibility index (Phi) is 5.49. The molecule has 0 unspecified atom stereocenters. The summed E-state index contributed by atoms with van der Waals surface area (Å²) in [7, 11) is -2.48. The number of anilines is 2. The fourth-order valence-corrected chi connectivity index (χ4v) is 5.80. The molecule has 1 fully saturated rings. The Balaban J connectivity index is 1.43. The van der Waals surface area contributed by atoms with E-state index in [-0.39, 0.29) is 39.6 Å². The Morgan fingerprint density at radius 3 is 2.82 bits per heavy atom. The number of carbonyl (C=O) groups excluding carboxylic acids is 1. The number of halogens is 2. The van der Waals surface area contributed by atoms with Gasteiger partial charge in [-0.05, 0) is 18.2 Å². The number of benzene rings is 1. The highest BCUT2D eigenvalue weighted by atomic mass is 35.5. The summed E-state index contributed by atoms with van der Waals surface area (Å²) in [4.78, 5) is 14.7.